The van der Waals surface area contributed by atoms with Gasteiger partial charge in [-0.1, -0.05) is 60.1 Å². The largest absolute Gasteiger partial charge is 0.293 e. The Balaban J connectivity index is 1.62. The third-order valence-corrected chi connectivity index (χ3v) is 6.26. The number of nitrogens with zero attached hydrogens (tertiary/aromatic N) is 4. The standard InChI is InChI=1S/C29H18ClFN4O/c30-21-13-11-20(12-14-21)28-33-27-26(34(18-32-27)22-9-5-2-6-10-22)29(36)35(28)23-15-16-24(25(31)17-23)19-7-3-1-4-8-19/h1-18H. The van der Waals surface area contributed by atoms with Crippen molar-refractivity contribution in [1.82, 2.24) is 19.1 Å². The molecule has 0 aliphatic heterocycles. The van der Waals surface area contributed by atoms with Gasteiger partial charge in [-0.05, 0) is 60.2 Å². The molecular formula is C29H18ClFN4O. The van der Waals surface area contributed by atoms with E-state index in [0.29, 0.717) is 38.8 Å². The topological polar surface area (TPSA) is 52.7 Å². The van der Waals surface area contributed by atoms with Crippen LogP contribution in [0.4, 0.5) is 4.39 Å². The predicted octanol–water partition coefficient (Wildman–Crippen LogP) is 6.70. The molecule has 0 unspecified atom stereocenters. The molecule has 0 aliphatic carbocycles. The molecule has 5 nitrogen and oxygen atoms in total. The Kier molecular flexibility index (Phi) is 5.43. The van der Waals surface area contributed by atoms with Crippen LogP contribution in [-0.4, -0.2) is 19.1 Å². The van der Waals surface area contributed by atoms with Gasteiger partial charge in [0, 0.05) is 21.8 Å². The van der Waals surface area contributed by atoms with Crippen molar-refractivity contribution >= 4 is 22.8 Å². The molecule has 2 aromatic heterocycles. The zero-order valence-electron chi connectivity index (χ0n) is 18.8. The van der Waals surface area contributed by atoms with Crippen LogP contribution in [-0.2, 0) is 0 Å². The molecule has 0 saturated heterocycles. The number of rotatable bonds is 4. The zero-order chi connectivity index (χ0) is 24.6. The van der Waals surface area contributed by atoms with E-state index < -0.39 is 5.82 Å². The van der Waals surface area contributed by atoms with Crippen molar-refractivity contribution in [1.29, 1.82) is 0 Å². The summed E-state index contributed by atoms with van der Waals surface area (Å²) in [5, 5.41) is 0.556. The molecule has 0 fully saturated rings. The third kappa shape index (κ3) is 3.78. The molecule has 0 aliphatic rings. The van der Waals surface area contributed by atoms with Crippen LogP contribution in [0.2, 0.25) is 5.02 Å². The lowest BCUT2D eigenvalue weighted by Crippen LogP contribution is -2.23. The number of benzene rings is 4. The lowest BCUT2D eigenvalue weighted by atomic mass is 10.0. The second-order valence-electron chi connectivity index (χ2n) is 8.24. The Bertz CT molecular complexity index is 1760. The van der Waals surface area contributed by atoms with E-state index in [9.17, 15) is 4.79 Å². The highest BCUT2D eigenvalue weighted by Crippen LogP contribution is 2.28. The number of imidazole rings is 1. The molecule has 0 N–H and O–H groups in total. The quantitative estimate of drug-likeness (QED) is 0.275. The fourth-order valence-electron chi connectivity index (χ4n) is 4.28. The molecule has 0 atom stereocenters. The van der Waals surface area contributed by atoms with E-state index in [1.807, 2.05) is 60.7 Å². The third-order valence-electron chi connectivity index (χ3n) is 6.01. The Morgan fingerprint density at radius 2 is 1.44 bits per heavy atom. The average Bonchev–Trinajstić information content (AvgIpc) is 3.35. The highest BCUT2D eigenvalue weighted by molar-refractivity contribution is 6.30. The molecule has 0 bridgehead atoms. The van der Waals surface area contributed by atoms with Gasteiger partial charge in [-0.3, -0.25) is 13.9 Å². The first kappa shape index (κ1) is 21.9. The number of fused-ring (bicyclic) bond motifs is 1. The lowest BCUT2D eigenvalue weighted by Gasteiger charge is -2.15. The van der Waals surface area contributed by atoms with Crippen LogP contribution in [0.25, 0.3) is 45.1 Å². The van der Waals surface area contributed by atoms with Crippen LogP contribution in [0.15, 0.2) is 114 Å². The first-order valence-corrected chi connectivity index (χ1v) is 11.6. The van der Waals surface area contributed by atoms with Crippen LogP contribution in [0.1, 0.15) is 0 Å². The summed E-state index contributed by atoms with van der Waals surface area (Å²) >= 11 is 6.10. The van der Waals surface area contributed by atoms with Crippen LogP contribution in [0, 0.1) is 5.82 Å². The molecule has 7 heteroatoms. The van der Waals surface area contributed by atoms with E-state index in [4.69, 9.17) is 16.6 Å². The number of aromatic nitrogens is 4. The lowest BCUT2D eigenvalue weighted by molar-refractivity contribution is 0.630. The maximum absolute atomic E-state index is 15.4. The molecule has 6 aromatic rings. The van der Waals surface area contributed by atoms with Gasteiger partial charge in [0.05, 0.1) is 5.69 Å². The van der Waals surface area contributed by atoms with Crippen molar-refractivity contribution in [2.75, 3.05) is 0 Å². The van der Waals surface area contributed by atoms with Crippen LogP contribution < -0.4 is 5.56 Å². The first-order chi connectivity index (χ1) is 17.6. The summed E-state index contributed by atoms with van der Waals surface area (Å²) in [7, 11) is 0. The molecule has 174 valence electrons. The molecule has 0 spiro atoms. The number of halogens is 2. The summed E-state index contributed by atoms with van der Waals surface area (Å²) in [5.74, 6) is -0.0985. The van der Waals surface area contributed by atoms with Gasteiger partial charge >= 0.3 is 0 Å². The SMILES string of the molecule is O=c1c2c(ncn2-c2ccccc2)nc(-c2ccc(Cl)cc2)n1-c1ccc(-c2ccccc2)c(F)c1. The van der Waals surface area contributed by atoms with Gasteiger partial charge in [0.2, 0.25) is 0 Å². The first-order valence-electron chi connectivity index (χ1n) is 11.3. The Labute approximate surface area is 210 Å². The highest BCUT2D eigenvalue weighted by Gasteiger charge is 2.20. The van der Waals surface area contributed by atoms with Crippen LogP contribution in [0.3, 0.4) is 0 Å². The molecule has 36 heavy (non-hydrogen) atoms. The van der Waals surface area contributed by atoms with Crippen LogP contribution in [0.5, 0.6) is 0 Å². The summed E-state index contributed by atoms with van der Waals surface area (Å²) in [6.07, 6.45) is 1.57. The second-order valence-corrected chi connectivity index (χ2v) is 8.67. The van der Waals surface area contributed by atoms with E-state index in [1.165, 1.54) is 10.6 Å². The molecule has 6 rings (SSSR count). The smallest absolute Gasteiger partial charge is 0.285 e. The van der Waals surface area contributed by atoms with E-state index >= 15 is 4.39 Å². The predicted molar refractivity (Wildman–Crippen MR) is 140 cm³/mol. The second kappa shape index (κ2) is 8.91. The fraction of sp³-hybridized carbons (Fsp3) is 0. The van der Waals surface area contributed by atoms with E-state index in [-0.39, 0.29) is 5.56 Å². The van der Waals surface area contributed by atoms with Gasteiger partial charge in [0.25, 0.3) is 5.56 Å². The van der Waals surface area contributed by atoms with Crippen molar-refractivity contribution in [2.45, 2.75) is 0 Å². The molecule has 0 radical (unpaired) electrons. The summed E-state index contributed by atoms with van der Waals surface area (Å²) < 4.78 is 18.5. The number of para-hydroxylation sites is 1. The maximum atomic E-state index is 15.4. The van der Waals surface area contributed by atoms with E-state index in [2.05, 4.69) is 4.98 Å². The van der Waals surface area contributed by atoms with Gasteiger partial charge in [-0.2, -0.15) is 0 Å². The molecular weight excluding hydrogens is 475 g/mol. The van der Waals surface area contributed by atoms with Gasteiger partial charge in [0.15, 0.2) is 11.2 Å². The minimum absolute atomic E-state index is 0.298. The highest BCUT2D eigenvalue weighted by atomic mass is 35.5. The van der Waals surface area contributed by atoms with Gasteiger partial charge in [0.1, 0.15) is 18.0 Å². The van der Waals surface area contributed by atoms with Crippen molar-refractivity contribution in [3.8, 4) is 33.9 Å². The number of hydrogen-bond donors (Lipinski definition) is 0. The summed E-state index contributed by atoms with van der Waals surface area (Å²) in [5.41, 5.74) is 3.22. The molecule has 0 saturated carbocycles. The summed E-state index contributed by atoms with van der Waals surface area (Å²) in [6.45, 7) is 0. The average molecular weight is 493 g/mol. The maximum Gasteiger partial charge on any atom is 0.285 e. The summed E-state index contributed by atoms with van der Waals surface area (Å²) in [6, 6.07) is 30.5. The van der Waals surface area contributed by atoms with Gasteiger partial charge in [-0.15, -0.1) is 0 Å². The minimum atomic E-state index is -0.440. The van der Waals surface area contributed by atoms with Crippen molar-refractivity contribution in [3.05, 3.63) is 131 Å². The monoisotopic (exact) mass is 492 g/mol. The van der Waals surface area contributed by atoms with Gasteiger partial charge in [-0.25, -0.2) is 14.4 Å². The number of hydrogen-bond acceptors (Lipinski definition) is 3. The summed E-state index contributed by atoms with van der Waals surface area (Å²) in [4.78, 5) is 23.2. The van der Waals surface area contributed by atoms with E-state index in [1.54, 1.807) is 47.3 Å². The minimum Gasteiger partial charge on any atom is -0.293 e. The van der Waals surface area contributed by atoms with Crippen molar-refractivity contribution in [3.63, 3.8) is 0 Å². The zero-order valence-corrected chi connectivity index (χ0v) is 19.6. The van der Waals surface area contributed by atoms with Crippen molar-refractivity contribution in [2.24, 2.45) is 0 Å². The Morgan fingerprint density at radius 3 is 2.14 bits per heavy atom. The Hall–Kier alpha value is -4.55. The molecule has 4 aromatic carbocycles. The Morgan fingerprint density at radius 1 is 0.750 bits per heavy atom. The van der Waals surface area contributed by atoms with Crippen molar-refractivity contribution < 1.29 is 4.39 Å². The van der Waals surface area contributed by atoms with E-state index in [0.717, 1.165) is 11.3 Å². The fourth-order valence-corrected chi connectivity index (χ4v) is 4.41. The molecule has 2 heterocycles. The van der Waals surface area contributed by atoms with Crippen LogP contribution >= 0.6 is 11.6 Å². The normalized spacial score (nSPS) is 11.2. The van der Waals surface area contributed by atoms with Gasteiger partial charge < -0.3 is 0 Å². The molecule has 0 amide bonds.